The van der Waals surface area contributed by atoms with Crippen molar-refractivity contribution in [3.63, 3.8) is 0 Å². The van der Waals surface area contributed by atoms with Gasteiger partial charge in [0.25, 0.3) is 0 Å². The fraction of sp³-hybridized carbons (Fsp3) is 0.545. The molecule has 2 unspecified atom stereocenters. The lowest BCUT2D eigenvalue weighted by Crippen LogP contribution is -2.39. The molecule has 1 fully saturated rings. The molecule has 1 saturated heterocycles. The molecule has 2 N–H and O–H groups in total. The summed E-state index contributed by atoms with van der Waals surface area (Å²) in [5.74, 6) is 2.12. The summed E-state index contributed by atoms with van der Waals surface area (Å²) in [4.78, 5) is 4.34. The predicted octanol–water partition coefficient (Wildman–Crippen LogP) is 3.37. The molecular formula is C22H34IN5O2. The zero-order chi connectivity index (χ0) is 20.5. The summed E-state index contributed by atoms with van der Waals surface area (Å²) < 4.78 is 13.7. The lowest BCUT2D eigenvalue weighted by molar-refractivity contribution is 0.0676. The lowest BCUT2D eigenvalue weighted by Gasteiger charge is -2.18. The second-order valence-electron chi connectivity index (χ2n) is 7.70. The van der Waals surface area contributed by atoms with Gasteiger partial charge in [0.05, 0.1) is 6.10 Å². The number of nitrogens with one attached hydrogen (secondary N) is 2. The summed E-state index contributed by atoms with van der Waals surface area (Å²) in [6.45, 7) is 8.06. The normalized spacial score (nSPS) is 17.3. The number of halogens is 1. The van der Waals surface area contributed by atoms with Crippen LogP contribution in [0.1, 0.15) is 30.9 Å². The number of aliphatic imine (C=N–C) groups is 1. The Balaban J connectivity index is 0.00000320. The number of guanidine groups is 1. The minimum Gasteiger partial charge on any atom is -0.491 e. The van der Waals surface area contributed by atoms with Gasteiger partial charge in [-0.2, -0.15) is 5.10 Å². The average Bonchev–Trinajstić information content (AvgIpc) is 3.41. The number of aromatic nitrogens is 2. The maximum Gasteiger partial charge on any atom is 0.191 e. The first-order valence-corrected chi connectivity index (χ1v) is 10.4. The molecule has 1 aromatic carbocycles. The molecule has 7 nitrogen and oxygen atoms in total. The Labute approximate surface area is 196 Å². The van der Waals surface area contributed by atoms with Crippen molar-refractivity contribution in [1.82, 2.24) is 20.4 Å². The summed E-state index contributed by atoms with van der Waals surface area (Å²) in [6.07, 6.45) is 6.20. The zero-order valence-electron chi connectivity index (χ0n) is 18.1. The van der Waals surface area contributed by atoms with E-state index >= 15 is 0 Å². The highest BCUT2D eigenvalue weighted by Gasteiger charge is 2.17. The van der Waals surface area contributed by atoms with E-state index in [0.717, 1.165) is 49.8 Å². The van der Waals surface area contributed by atoms with Crippen molar-refractivity contribution in [2.24, 2.45) is 10.9 Å². The molecule has 3 rings (SSSR count). The van der Waals surface area contributed by atoms with Crippen molar-refractivity contribution < 1.29 is 9.47 Å². The number of hydrogen-bond acceptors (Lipinski definition) is 4. The van der Waals surface area contributed by atoms with Gasteiger partial charge in [0, 0.05) is 51.2 Å². The summed E-state index contributed by atoms with van der Waals surface area (Å²) in [5, 5.41) is 11.1. The third kappa shape index (κ3) is 7.79. The summed E-state index contributed by atoms with van der Waals surface area (Å²) in [7, 11) is 1.79. The second-order valence-corrected chi connectivity index (χ2v) is 7.70. The second kappa shape index (κ2) is 12.8. The van der Waals surface area contributed by atoms with Gasteiger partial charge in [0.1, 0.15) is 12.4 Å². The molecule has 0 spiro atoms. The van der Waals surface area contributed by atoms with Crippen LogP contribution in [0.2, 0.25) is 0 Å². The van der Waals surface area contributed by atoms with Crippen molar-refractivity contribution in [2.45, 2.75) is 45.9 Å². The molecule has 1 aromatic heterocycles. The van der Waals surface area contributed by atoms with Gasteiger partial charge in [-0.3, -0.25) is 9.67 Å². The standard InChI is InChI=1S/C22H33N5O2.HI/c1-17-7-8-19(21(12-17)29-16-20-6-4-11-28-20)14-25-22(23-3)24-13-18(2)15-27-10-5-9-26-27;/h5,7-10,12,18,20H,4,6,11,13-16H2,1-3H3,(H2,23,24,25);1H. The van der Waals surface area contributed by atoms with E-state index in [2.05, 4.69) is 52.8 Å². The van der Waals surface area contributed by atoms with Crippen LogP contribution >= 0.6 is 24.0 Å². The zero-order valence-corrected chi connectivity index (χ0v) is 20.5. The molecule has 30 heavy (non-hydrogen) atoms. The Kier molecular flexibility index (Phi) is 10.4. The maximum atomic E-state index is 6.09. The minimum absolute atomic E-state index is 0. The Bertz CT molecular complexity index is 776. The van der Waals surface area contributed by atoms with Crippen LogP contribution in [0.5, 0.6) is 5.75 Å². The van der Waals surface area contributed by atoms with E-state index in [-0.39, 0.29) is 30.1 Å². The molecule has 0 bridgehead atoms. The molecule has 2 atom stereocenters. The highest BCUT2D eigenvalue weighted by molar-refractivity contribution is 14.0. The Morgan fingerprint density at radius 1 is 1.40 bits per heavy atom. The first kappa shape index (κ1) is 24.5. The quantitative estimate of drug-likeness (QED) is 0.297. The van der Waals surface area contributed by atoms with Crippen LogP contribution in [0.4, 0.5) is 0 Å². The monoisotopic (exact) mass is 527 g/mol. The first-order chi connectivity index (χ1) is 14.1. The van der Waals surface area contributed by atoms with Crippen LogP contribution < -0.4 is 15.4 Å². The smallest absolute Gasteiger partial charge is 0.191 e. The largest absolute Gasteiger partial charge is 0.491 e. The molecule has 0 radical (unpaired) electrons. The summed E-state index contributed by atoms with van der Waals surface area (Å²) in [5.41, 5.74) is 2.30. The fourth-order valence-corrected chi connectivity index (χ4v) is 3.36. The number of benzene rings is 1. The topological polar surface area (TPSA) is 72.7 Å². The third-order valence-electron chi connectivity index (χ3n) is 5.02. The van der Waals surface area contributed by atoms with Crippen LogP contribution in [-0.4, -0.2) is 48.7 Å². The molecule has 0 aliphatic carbocycles. The van der Waals surface area contributed by atoms with Crippen molar-refractivity contribution >= 4 is 29.9 Å². The molecule has 2 heterocycles. The van der Waals surface area contributed by atoms with Crippen molar-refractivity contribution in [1.29, 1.82) is 0 Å². The molecule has 1 aliphatic heterocycles. The fourth-order valence-electron chi connectivity index (χ4n) is 3.36. The van der Waals surface area contributed by atoms with Gasteiger partial charge in [0.2, 0.25) is 0 Å². The third-order valence-corrected chi connectivity index (χ3v) is 5.02. The van der Waals surface area contributed by atoms with E-state index < -0.39 is 0 Å². The number of rotatable bonds is 9. The molecular weight excluding hydrogens is 493 g/mol. The summed E-state index contributed by atoms with van der Waals surface area (Å²) in [6, 6.07) is 8.26. The van der Waals surface area contributed by atoms with E-state index in [1.807, 2.05) is 16.9 Å². The van der Waals surface area contributed by atoms with Crippen LogP contribution in [-0.2, 0) is 17.8 Å². The van der Waals surface area contributed by atoms with Crippen LogP contribution in [0.15, 0.2) is 41.7 Å². The van der Waals surface area contributed by atoms with Gasteiger partial charge >= 0.3 is 0 Å². The highest BCUT2D eigenvalue weighted by atomic mass is 127. The van der Waals surface area contributed by atoms with Crippen LogP contribution in [0.3, 0.4) is 0 Å². The number of hydrogen-bond donors (Lipinski definition) is 2. The van der Waals surface area contributed by atoms with Gasteiger partial charge in [-0.15, -0.1) is 24.0 Å². The number of ether oxygens (including phenoxy) is 2. The Morgan fingerprint density at radius 3 is 2.97 bits per heavy atom. The molecule has 0 saturated carbocycles. The van der Waals surface area contributed by atoms with Gasteiger partial charge in [-0.1, -0.05) is 19.1 Å². The van der Waals surface area contributed by atoms with Crippen LogP contribution in [0, 0.1) is 12.8 Å². The number of aryl methyl sites for hydroxylation is 1. The van der Waals surface area contributed by atoms with E-state index in [1.54, 1.807) is 13.2 Å². The van der Waals surface area contributed by atoms with Crippen molar-refractivity contribution in [3.05, 3.63) is 47.8 Å². The van der Waals surface area contributed by atoms with Crippen molar-refractivity contribution in [2.75, 3.05) is 26.8 Å². The lowest BCUT2D eigenvalue weighted by atomic mass is 10.1. The van der Waals surface area contributed by atoms with Gasteiger partial charge in [-0.25, -0.2) is 0 Å². The van der Waals surface area contributed by atoms with E-state index in [4.69, 9.17) is 9.47 Å². The Morgan fingerprint density at radius 2 is 2.27 bits per heavy atom. The van der Waals surface area contributed by atoms with Gasteiger partial charge in [0.15, 0.2) is 5.96 Å². The molecule has 2 aromatic rings. The van der Waals surface area contributed by atoms with E-state index in [0.29, 0.717) is 19.1 Å². The van der Waals surface area contributed by atoms with Crippen LogP contribution in [0.25, 0.3) is 0 Å². The van der Waals surface area contributed by atoms with E-state index in [9.17, 15) is 0 Å². The first-order valence-electron chi connectivity index (χ1n) is 10.4. The molecule has 1 aliphatic rings. The summed E-state index contributed by atoms with van der Waals surface area (Å²) >= 11 is 0. The minimum atomic E-state index is 0. The molecule has 0 amide bonds. The maximum absolute atomic E-state index is 6.09. The van der Waals surface area contributed by atoms with Gasteiger partial charge in [-0.05, 0) is 43.4 Å². The predicted molar refractivity (Wildman–Crippen MR) is 131 cm³/mol. The number of nitrogens with zero attached hydrogens (tertiary/aromatic N) is 3. The van der Waals surface area contributed by atoms with Crippen molar-refractivity contribution in [3.8, 4) is 5.75 Å². The highest BCUT2D eigenvalue weighted by Crippen LogP contribution is 2.22. The SMILES string of the molecule is CN=C(NCc1ccc(C)cc1OCC1CCCO1)NCC(C)Cn1cccn1.I. The molecule has 166 valence electrons. The Hall–Kier alpha value is -1.81. The van der Waals surface area contributed by atoms with Gasteiger partial charge < -0.3 is 20.1 Å². The van der Waals surface area contributed by atoms with E-state index in [1.165, 1.54) is 5.56 Å². The average molecular weight is 527 g/mol. The molecule has 8 heteroatoms.